The van der Waals surface area contributed by atoms with Crippen molar-refractivity contribution in [1.82, 2.24) is 0 Å². The fourth-order valence-corrected chi connectivity index (χ4v) is 4.34. The molecule has 5 rings (SSSR count). The van der Waals surface area contributed by atoms with Crippen molar-refractivity contribution in [2.24, 2.45) is 0 Å². The molecule has 43 heavy (non-hydrogen) atoms. The van der Waals surface area contributed by atoms with E-state index in [2.05, 4.69) is 0 Å². The summed E-state index contributed by atoms with van der Waals surface area (Å²) in [5.41, 5.74) is -0.0163. The van der Waals surface area contributed by atoms with E-state index in [1.165, 1.54) is 42.5 Å². The van der Waals surface area contributed by atoms with Crippen LogP contribution in [0.15, 0.2) is 76.0 Å². The van der Waals surface area contributed by atoms with Gasteiger partial charge in [-0.1, -0.05) is 12.1 Å². The van der Waals surface area contributed by atoms with Crippen LogP contribution in [0.3, 0.4) is 0 Å². The van der Waals surface area contributed by atoms with Gasteiger partial charge in [-0.15, -0.1) is 0 Å². The van der Waals surface area contributed by atoms with E-state index in [1.807, 2.05) is 0 Å². The minimum Gasteiger partial charge on any atom is -0.508 e. The Balaban J connectivity index is 1.33. The lowest BCUT2D eigenvalue weighted by Crippen LogP contribution is -2.60. The third-order valence-electron chi connectivity index (χ3n) is 6.70. The minimum absolute atomic E-state index is 0.0256. The molecular weight excluding hydrogens is 568 g/mol. The number of ether oxygens (including phenoxy) is 3. The van der Waals surface area contributed by atoms with E-state index in [0.29, 0.717) is 5.56 Å². The van der Waals surface area contributed by atoms with Gasteiger partial charge < -0.3 is 54.4 Å². The van der Waals surface area contributed by atoms with Crippen LogP contribution in [-0.2, 0) is 14.3 Å². The third-order valence-corrected chi connectivity index (χ3v) is 6.70. The Morgan fingerprint density at radius 1 is 0.860 bits per heavy atom. The Kier molecular flexibility index (Phi) is 8.23. The summed E-state index contributed by atoms with van der Waals surface area (Å²) >= 11 is 0. The predicted molar refractivity (Wildman–Crippen MR) is 148 cm³/mol. The highest BCUT2D eigenvalue weighted by Gasteiger charge is 2.45. The topological polar surface area (TPSA) is 217 Å². The molecule has 1 aliphatic heterocycles. The van der Waals surface area contributed by atoms with E-state index in [0.717, 1.165) is 18.2 Å². The molecule has 0 amide bonds. The van der Waals surface area contributed by atoms with Crippen molar-refractivity contribution in [3.63, 3.8) is 0 Å². The van der Waals surface area contributed by atoms with Crippen LogP contribution in [0, 0.1) is 0 Å². The van der Waals surface area contributed by atoms with Crippen molar-refractivity contribution < 1.29 is 59.2 Å². The Hall–Kier alpha value is -5.08. The van der Waals surface area contributed by atoms with Gasteiger partial charge >= 0.3 is 5.97 Å². The first-order chi connectivity index (χ1) is 20.5. The maximum absolute atomic E-state index is 12.7. The lowest BCUT2D eigenvalue weighted by molar-refractivity contribution is -0.278. The van der Waals surface area contributed by atoms with Crippen molar-refractivity contribution in [3.05, 3.63) is 82.5 Å². The van der Waals surface area contributed by atoms with Gasteiger partial charge in [0.15, 0.2) is 28.3 Å². The molecule has 0 bridgehead atoms. The van der Waals surface area contributed by atoms with Crippen LogP contribution in [0.1, 0.15) is 5.56 Å². The zero-order chi connectivity index (χ0) is 30.8. The van der Waals surface area contributed by atoms with Gasteiger partial charge in [0.05, 0.1) is 5.39 Å². The lowest BCUT2D eigenvalue weighted by atomic mass is 9.99. The Morgan fingerprint density at radius 3 is 2.33 bits per heavy atom. The molecule has 13 nitrogen and oxygen atoms in total. The van der Waals surface area contributed by atoms with E-state index < -0.39 is 60.2 Å². The number of rotatable bonds is 7. The number of hydrogen-bond donors (Lipinski definition) is 7. The molecule has 5 atom stereocenters. The van der Waals surface area contributed by atoms with Gasteiger partial charge in [0.2, 0.25) is 12.0 Å². The van der Waals surface area contributed by atoms with Crippen LogP contribution in [-0.4, -0.2) is 79.0 Å². The molecule has 0 aliphatic carbocycles. The molecule has 0 saturated carbocycles. The fourth-order valence-electron chi connectivity index (χ4n) is 4.34. The molecule has 0 unspecified atom stereocenters. The minimum atomic E-state index is -1.80. The summed E-state index contributed by atoms with van der Waals surface area (Å²) in [6, 6.07) is 13.4. The number of phenols is 4. The highest BCUT2D eigenvalue weighted by Crippen LogP contribution is 2.38. The summed E-state index contributed by atoms with van der Waals surface area (Å²) in [6.45, 7) is -0.537. The van der Waals surface area contributed by atoms with E-state index >= 15 is 0 Å². The first-order valence-corrected chi connectivity index (χ1v) is 12.8. The molecule has 0 radical (unpaired) electrons. The number of aliphatic hydroxyl groups excluding tert-OH is 3. The SMILES string of the molecule is O=C(/C=C/c1ccc(O)cc1)OC[C@H]1O[C@@H](Oc2ccc3c(=O)cc(-c4ccc(O)c(O)c4)oc3c2O)[C@H](O)[C@@H](O)[C@@H]1O. The van der Waals surface area contributed by atoms with Crippen LogP contribution in [0.5, 0.6) is 28.7 Å². The van der Waals surface area contributed by atoms with Crippen LogP contribution < -0.4 is 10.2 Å². The van der Waals surface area contributed by atoms with Gasteiger partial charge in [0.25, 0.3) is 0 Å². The van der Waals surface area contributed by atoms with Crippen LogP contribution in [0.4, 0.5) is 0 Å². The Labute approximate surface area is 242 Å². The van der Waals surface area contributed by atoms with Gasteiger partial charge in [-0.3, -0.25) is 4.79 Å². The second-order valence-corrected chi connectivity index (χ2v) is 9.65. The normalized spacial score (nSPS) is 22.1. The Morgan fingerprint density at radius 2 is 1.60 bits per heavy atom. The summed E-state index contributed by atoms with van der Waals surface area (Å²) in [4.78, 5) is 24.9. The number of fused-ring (bicyclic) bond motifs is 1. The molecule has 0 spiro atoms. The summed E-state index contributed by atoms with van der Waals surface area (Å²) in [6.07, 6.45) is -5.73. The number of phenolic OH excluding ortho intramolecular Hbond substituents is 4. The van der Waals surface area contributed by atoms with Crippen molar-refractivity contribution in [2.45, 2.75) is 30.7 Å². The molecule has 1 saturated heterocycles. The van der Waals surface area contributed by atoms with Crippen LogP contribution in [0.2, 0.25) is 0 Å². The van der Waals surface area contributed by atoms with Crippen LogP contribution in [0.25, 0.3) is 28.4 Å². The molecule has 1 fully saturated rings. The van der Waals surface area contributed by atoms with Crippen molar-refractivity contribution >= 4 is 23.0 Å². The smallest absolute Gasteiger partial charge is 0.330 e. The van der Waals surface area contributed by atoms with Gasteiger partial charge in [-0.2, -0.15) is 0 Å². The molecule has 4 aromatic rings. The van der Waals surface area contributed by atoms with Gasteiger partial charge in [-0.05, 0) is 54.1 Å². The van der Waals surface area contributed by atoms with E-state index in [-0.39, 0.29) is 39.5 Å². The van der Waals surface area contributed by atoms with Crippen molar-refractivity contribution in [1.29, 1.82) is 0 Å². The van der Waals surface area contributed by atoms with E-state index in [9.17, 15) is 45.3 Å². The summed E-state index contributed by atoms with van der Waals surface area (Å²) < 4.78 is 22.0. The highest BCUT2D eigenvalue weighted by atomic mass is 16.7. The number of carbonyl (C=O) groups is 1. The number of esters is 1. The average Bonchev–Trinajstić information content (AvgIpc) is 2.99. The van der Waals surface area contributed by atoms with E-state index in [1.54, 1.807) is 12.1 Å². The maximum Gasteiger partial charge on any atom is 0.330 e. The summed E-state index contributed by atoms with van der Waals surface area (Å²) in [7, 11) is 0. The number of benzene rings is 3. The first-order valence-electron chi connectivity index (χ1n) is 12.8. The summed E-state index contributed by atoms with van der Waals surface area (Å²) in [5.74, 6) is -2.61. The number of aliphatic hydroxyl groups is 3. The number of hydrogen-bond acceptors (Lipinski definition) is 13. The lowest BCUT2D eigenvalue weighted by Gasteiger charge is -2.39. The molecule has 1 aliphatic rings. The predicted octanol–water partition coefficient (Wildman–Crippen LogP) is 1.73. The quantitative estimate of drug-likeness (QED) is 0.0923. The molecule has 224 valence electrons. The zero-order valence-electron chi connectivity index (χ0n) is 22.1. The van der Waals surface area contributed by atoms with Crippen LogP contribution >= 0.6 is 0 Å². The molecule has 1 aromatic heterocycles. The highest BCUT2D eigenvalue weighted by molar-refractivity contribution is 5.87. The second-order valence-electron chi connectivity index (χ2n) is 9.65. The molecule has 2 heterocycles. The first kappa shape index (κ1) is 29.4. The maximum atomic E-state index is 12.7. The number of carbonyl (C=O) groups excluding carboxylic acids is 1. The summed E-state index contributed by atoms with van der Waals surface area (Å²) in [5, 5.41) is 70.9. The van der Waals surface area contributed by atoms with Gasteiger partial charge in [-0.25, -0.2) is 4.79 Å². The largest absolute Gasteiger partial charge is 0.508 e. The third kappa shape index (κ3) is 6.24. The number of aromatic hydroxyl groups is 4. The molecule has 13 heteroatoms. The monoisotopic (exact) mass is 594 g/mol. The Bertz CT molecular complexity index is 1730. The molecule has 7 N–H and O–H groups in total. The van der Waals surface area contributed by atoms with E-state index in [4.69, 9.17) is 18.6 Å². The second kappa shape index (κ2) is 12.0. The standard InChI is InChI=1S/C30H26O13/c31-16-5-1-14(2-6-16)3-10-24(35)40-13-23-25(36)27(38)28(39)30(43-23)42-21-9-7-17-19(33)12-22(41-29(17)26(21)37)15-4-8-18(32)20(34)11-15/h1-12,23,25,27-28,30-32,34,36-39H,13H2/b10-3+/t23-,25-,27+,28-,30-/m1/s1. The zero-order valence-corrected chi connectivity index (χ0v) is 22.1. The van der Waals surface area contributed by atoms with Crippen molar-refractivity contribution in [3.8, 4) is 40.1 Å². The van der Waals surface area contributed by atoms with Gasteiger partial charge in [0.1, 0.15) is 42.5 Å². The average molecular weight is 595 g/mol. The molecule has 3 aromatic carbocycles. The molecular formula is C30H26O13. The fraction of sp³-hybridized carbons (Fsp3) is 0.200. The van der Waals surface area contributed by atoms with Gasteiger partial charge in [0, 0.05) is 17.7 Å². The van der Waals surface area contributed by atoms with Crippen molar-refractivity contribution in [2.75, 3.05) is 6.61 Å².